The van der Waals surface area contributed by atoms with E-state index in [1.54, 1.807) is 0 Å². The van der Waals surface area contributed by atoms with Crippen molar-refractivity contribution in [2.75, 3.05) is 0 Å². The molecular formula is HHgN2O6. The quantitative estimate of drug-likeness (QED) is 0.360. The van der Waals surface area contributed by atoms with E-state index >= 15 is 0 Å². The van der Waals surface area contributed by atoms with E-state index in [1.165, 1.54) is 0 Å². The third kappa shape index (κ3) is 472. The molecular weight excluding hydrogens is 325 g/mol. The number of hydrogen-bond acceptors (Lipinski definition) is 5. The molecule has 9 heavy (non-hydrogen) atoms. The molecule has 1 N–H and O–H groups in total. The third-order valence-corrected chi connectivity index (χ3v) is 0. The standard InChI is InChI=1S/Hg.HNO3.NO3/c;2*2-1(3)4/h;(H,2,3,4);/q+1;;-1. The zero-order chi connectivity index (χ0) is 7.15. The molecule has 0 bridgehead atoms. The normalized spacial score (nSPS) is 5.33. The van der Waals surface area contributed by atoms with E-state index in [2.05, 4.69) is 0 Å². The van der Waals surface area contributed by atoms with Crippen LogP contribution in [-0.4, -0.2) is 15.4 Å². The monoisotopic (exact) mass is 327 g/mol. The van der Waals surface area contributed by atoms with Crippen LogP contribution in [0.1, 0.15) is 0 Å². The van der Waals surface area contributed by atoms with Gasteiger partial charge in [-0.25, -0.2) is 0 Å². The maximum absolute atomic E-state index is 8.36. The second-order valence-corrected chi connectivity index (χ2v) is 0.461. The Balaban J connectivity index is -0.0000000720. The van der Waals surface area contributed by atoms with Crippen molar-refractivity contribution in [2.24, 2.45) is 0 Å². The molecule has 0 saturated carbocycles. The van der Waals surface area contributed by atoms with E-state index in [9.17, 15) is 0 Å². The molecule has 49 valence electrons. The topological polar surface area (TPSA) is 130 Å². The van der Waals surface area contributed by atoms with Gasteiger partial charge in [-0.15, -0.1) is 10.1 Å². The molecule has 9 heteroatoms. The fourth-order valence-electron chi connectivity index (χ4n) is 0. The van der Waals surface area contributed by atoms with Gasteiger partial charge in [-0.05, 0) is 0 Å². The van der Waals surface area contributed by atoms with Crippen LogP contribution >= 0.6 is 0 Å². The summed E-state index contributed by atoms with van der Waals surface area (Å²) in [6.07, 6.45) is 0. The fraction of sp³-hybridized carbons (Fsp3) is 0. The van der Waals surface area contributed by atoms with E-state index in [0.717, 1.165) is 0 Å². The van der Waals surface area contributed by atoms with Crippen LogP contribution in [0.4, 0.5) is 0 Å². The summed E-state index contributed by atoms with van der Waals surface area (Å²) < 4.78 is 0. The predicted octanol–water partition coefficient (Wildman–Crippen LogP) is -0.589. The third-order valence-electron chi connectivity index (χ3n) is 0. The van der Waals surface area contributed by atoms with Crippen LogP contribution in [0, 0.1) is 25.4 Å². The molecule has 8 nitrogen and oxygen atoms in total. The molecule has 0 aliphatic rings. The smallest absolute Gasteiger partial charge is 0.356 e. The Bertz CT molecular complexity index is 69.1. The zero-order valence-electron chi connectivity index (χ0n) is 4.09. The summed E-state index contributed by atoms with van der Waals surface area (Å²) in [5.74, 6) is 0. The SMILES string of the molecule is O=[N+]([O-])O.O=[N+]([O-])[O-].[Hg+]. The van der Waals surface area contributed by atoms with Gasteiger partial charge in [0.1, 0.15) is 0 Å². The van der Waals surface area contributed by atoms with Crippen molar-refractivity contribution < 1.29 is 43.0 Å². The molecule has 0 saturated heterocycles. The first kappa shape index (κ1) is 15.8. The van der Waals surface area contributed by atoms with Gasteiger partial charge in [-0.1, -0.05) is 0 Å². The summed E-state index contributed by atoms with van der Waals surface area (Å²) >= 11 is 0. The van der Waals surface area contributed by atoms with Gasteiger partial charge in [0.25, 0.3) is 5.09 Å². The van der Waals surface area contributed by atoms with Gasteiger partial charge in [-0.3, -0.25) is 0 Å². The van der Waals surface area contributed by atoms with E-state index < -0.39 is 10.2 Å². The van der Waals surface area contributed by atoms with Gasteiger partial charge in [0, 0.05) is 0 Å². The minimum Gasteiger partial charge on any atom is -0.356 e. The molecule has 0 unspecified atom stereocenters. The molecule has 0 aliphatic carbocycles. The second kappa shape index (κ2) is 10.3. The summed E-state index contributed by atoms with van der Waals surface area (Å²) in [6.45, 7) is 0. The Morgan fingerprint density at radius 1 is 1.11 bits per heavy atom. The van der Waals surface area contributed by atoms with Crippen LogP contribution < -0.4 is 0 Å². The minimum absolute atomic E-state index is 0. The predicted molar refractivity (Wildman–Crippen MR) is 19.1 cm³/mol. The van der Waals surface area contributed by atoms with Crippen molar-refractivity contribution in [3.63, 3.8) is 0 Å². The van der Waals surface area contributed by atoms with Crippen molar-refractivity contribution in [1.82, 2.24) is 0 Å². The van der Waals surface area contributed by atoms with Crippen LogP contribution in [-0.2, 0) is 27.7 Å². The van der Waals surface area contributed by atoms with Crippen molar-refractivity contribution in [3.8, 4) is 0 Å². The van der Waals surface area contributed by atoms with Gasteiger partial charge < -0.3 is 20.5 Å². The number of hydrogen-bond donors (Lipinski definition) is 1. The molecule has 0 aliphatic heterocycles. The van der Waals surface area contributed by atoms with Gasteiger partial charge in [0.05, 0.1) is 5.09 Å². The summed E-state index contributed by atoms with van der Waals surface area (Å²) in [4.78, 5) is 16.6. The van der Waals surface area contributed by atoms with Gasteiger partial charge >= 0.3 is 27.7 Å². The Kier molecular flexibility index (Phi) is 18.1. The summed E-state index contributed by atoms with van der Waals surface area (Å²) in [5.41, 5.74) is 0. The largest absolute Gasteiger partial charge is 1.00 e. The van der Waals surface area contributed by atoms with Gasteiger partial charge in [0.2, 0.25) is 0 Å². The maximum atomic E-state index is 8.36. The maximum Gasteiger partial charge on any atom is 1.00 e. The van der Waals surface area contributed by atoms with E-state index in [-0.39, 0.29) is 27.7 Å². The zero-order valence-corrected chi connectivity index (χ0v) is 9.59. The van der Waals surface area contributed by atoms with Crippen LogP contribution in [0.2, 0.25) is 0 Å². The summed E-state index contributed by atoms with van der Waals surface area (Å²) in [6, 6.07) is 0. The van der Waals surface area contributed by atoms with E-state index in [4.69, 9.17) is 30.6 Å². The molecule has 0 heterocycles. The first-order chi connectivity index (χ1) is 3.46. The van der Waals surface area contributed by atoms with Crippen LogP contribution in [0.5, 0.6) is 0 Å². The Morgan fingerprint density at radius 3 is 1.11 bits per heavy atom. The van der Waals surface area contributed by atoms with E-state index in [0.29, 0.717) is 0 Å². The fourth-order valence-corrected chi connectivity index (χ4v) is 0. The van der Waals surface area contributed by atoms with Crippen molar-refractivity contribution in [3.05, 3.63) is 25.4 Å². The Hall–Kier alpha value is -0.665. The average molecular weight is 326 g/mol. The second-order valence-electron chi connectivity index (χ2n) is 0.461. The molecule has 0 aromatic rings. The summed E-state index contributed by atoms with van der Waals surface area (Å²) in [5, 5.41) is 28.4. The number of rotatable bonds is 0. The van der Waals surface area contributed by atoms with Crippen LogP contribution in [0.3, 0.4) is 0 Å². The Labute approximate surface area is 68.8 Å². The van der Waals surface area contributed by atoms with Gasteiger partial charge in [0.15, 0.2) is 0 Å². The molecule has 0 atom stereocenters. The first-order valence-corrected chi connectivity index (χ1v) is 1.11. The summed E-state index contributed by atoms with van der Waals surface area (Å²) in [7, 11) is 0. The molecule has 0 aromatic heterocycles. The molecule has 0 fully saturated rings. The first-order valence-electron chi connectivity index (χ1n) is 1.11. The number of nitrogens with zero attached hydrogens (tertiary/aromatic N) is 2. The van der Waals surface area contributed by atoms with Crippen molar-refractivity contribution in [2.45, 2.75) is 0 Å². The minimum atomic E-state index is -1.75. The average Bonchev–Trinajstić information content (AvgIpc) is 1.25. The molecule has 0 spiro atoms. The van der Waals surface area contributed by atoms with Crippen molar-refractivity contribution in [1.29, 1.82) is 0 Å². The van der Waals surface area contributed by atoms with Crippen LogP contribution in [0.25, 0.3) is 0 Å². The molecule has 1 radical (unpaired) electrons. The van der Waals surface area contributed by atoms with Gasteiger partial charge in [-0.2, -0.15) is 0 Å². The molecule has 0 rings (SSSR count). The van der Waals surface area contributed by atoms with Crippen LogP contribution in [0.15, 0.2) is 0 Å². The van der Waals surface area contributed by atoms with E-state index in [1.807, 2.05) is 0 Å². The molecule has 0 aromatic carbocycles. The van der Waals surface area contributed by atoms with Crippen molar-refractivity contribution >= 4 is 0 Å². The molecule has 0 amide bonds. The Morgan fingerprint density at radius 2 is 1.11 bits per heavy atom.